The Balaban J connectivity index is 1.49. The quantitative estimate of drug-likeness (QED) is 0.810. The van der Waals surface area contributed by atoms with E-state index in [1.165, 1.54) is 24.7 Å². The fourth-order valence-electron chi connectivity index (χ4n) is 3.75. The highest BCUT2D eigenvalue weighted by Gasteiger charge is 2.27. The van der Waals surface area contributed by atoms with E-state index in [1.54, 1.807) is 4.90 Å². The molecule has 0 bridgehead atoms. The van der Waals surface area contributed by atoms with Gasteiger partial charge in [-0.05, 0) is 25.0 Å². The van der Waals surface area contributed by atoms with E-state index < -0.39 is 11.2 Å². The lowest BCUT2D eigenvalue weighted by Gasteiger charge is -2.34. The number of amides is 1. The normalized spacial score (nSPS) is 18.4. The summed E-state index contributed by atoms with van der Waals surface area (Å²) in [6, 6.07) is 6.98. The zero-order valence-electron chi connectivity index (χ0n) is 16.5. The van der Waals surface area contributed by atoms with E-state index in [-0.39, 0.29) is 17.6 Å². The van der Waals surface area contributed by atoms with Crippen molar-refractivity contribution in [1.82, 2.24) is 14.0 Å². The molecule has 1 N–H and O–H groups in total. The molecule has 0 spiro atoms. The summed E-state index contributed by atoms with van der Waals surface area (Å²) in [4.78, 5) is 38.8. The van der Waals surface area contributed by atoms with E-state index in [4.69, 9.17) is 9.47 Å². The van der Waals surface area contributed by atoms with Crippen molar-refractivity contribution in [1.29, 1.82) is 0 Å². The van der Waals surface area contributed by atoms with Crippen LogP contribution in [-0.4, -0.2) is 52.3 Å². The molecule has 1 amide bonds. The van der Waals surface area contributed by atoms with Crippen LogP contribution in [0.1, 0.15) is 23.3 Å². The molecular formula is C20H24N4O5. The van der Waals surface area contributed by atoms with Gasteiger partial charge in [0, 0.05) is 51.0 Å². The molecule has 1 fully saturated rings. The first kappa shape index (κ1) is 19.1. The number of anilines is 1. The van der Waals surface area contributed by atoms with Gasteiger partial charge in [-0.25, -0.2) is 4.79 Å². The highest BCUT2D eigenvalue weighted by Crippen LogP contribution is 2.33. The van der Waals surface area contributed by atoms with Crippen LogP contribution in [0.2, 0.25) is 0 Å². The molecule has 3 heterocycles. The predicted molar refractivity (Wildman–Crippen MR) is 107 cm³/mol. The Kier molecular flexibility index (Phi) is 5.04. The van der Waals surface area contributed by atoms with Gasteiger partial charge in [0.15, 0.2) is 11.5 Å². The number of rotatable bonds is 3. The van der Waals surface area contributed by atoms with Crippen LogP contribution in [0.25, 0.3) is 0 Å². The van der Waals surface area contributed by atoms with Crippen LogP contribution in [0.3, 0.4) is 0 Å². The minimum Gasteiger partial charge on any atom is -0.486 e. The first-order valence-corrected chi connectivity index (χ1v) is 9.66. The molecule has 1 saturated heterocycles. The van der Waals surface area contributed by atoms with Gasteiger partial charge in [0.2, 0.25) is 0 Å². The van der Waals surface area contributed by atoms with Crippen molar-refractivity contribution in [3.8, 4) is 11.5 Å². The van der Waals surface area contributed by atoms with Crippen molar-refractivity contribution in [2.24, 2.45) is 14.1 Å². The van der Waals surface area contributed by atoms with Gasteiger partial charge in [-0.15, -0.1) is 0 Å². The Morgan fingerprint density at radius 2 is 1.83 bits per heavy atom. The van der Waals surface area contributed by atoms with Gasteiger partial charge in [-0.1, -0.05) is 0 Å². The SMILES string of the molecule is Cn1c(C(=O)N2CCCC(Nc3ccc4c(c3)OCCO4)C2)cc(=O)n(C)c1=O. The summed E-state index contributed by atoms with van der Waals surface area (Å²) in [5.74, 6) is 1.13. The van der Waals surface area contributed by atoms with Gasteiger partial charge in [0.1, 0.15) is 18.9 Å². The molecule has 1 aromatic heterocycles. The zero-order valence-corrected chi connectivity index (χ0v) is 16.5. The van der Waals surface area contributed by atoms with Crippen molar-refractivity contribution in [2.75, 3.05) is 31.6 Å². The maximum atomic E-state index is 13.0. The van der Waals surface area contributed by atoms with Gasteiger partial charge in [0.05, 0.1) is 0 Å². The molecule has 0 saturated carbocycles. The average molecular weight is 400 g/mol. The fourth-order valence-corrected chi connectivity index (χ4v) is 3.75. The van der Waals surface area contributed by atoms with Gasteiger partial charge in [0.25, 0.3) is 11.5 Å². The molecule has 2 aliphatic heterocycles. The number of nitrogens with zero attached hydrogens (tertiary/aromatic N) is 3. The molecule has 2 aliphatic rings. The van der Waals surface area contributed by atoms with Crippen LogP contribution in [0.4, 0.5) is 5.69 Å². The van der Waals surface area contributed by atoms with Gasteiger partial charge in [-0.2, -0.15) is 0 Å². The molecule has 0 radical (unpaired) electrons. The standard InChI is InChI=1S/C20H24N4O5/c1-22-15(11-18(25)23(2)20(22)27)19(26)24-7-3-4-14(12-24)21-13-5-6-16-17(10-13)29-9-8-28-16/h5-6,10-11,14,21H,3-4,7-9,12H2,1-2H3. The first-order valence-electron chi connectivity index (χ1n) is 9.66. The summed E-state index contributed by atoms with van der Waals surface area (Å²) in [5, 5.41) is 3.45. The second kappa shape index (κ2) is 7.65. The van der Waals surface area contributed by atoms with Crippen LogP contribution >= 0.6 is 0 Å². The second-order valence-electron chi connectivity index (χ2n) is 7.36. The highest BCUT2D eigenvalue weighted by atomic mass is 16.6. The minimum absolute atomic E-state index is 0.0545. The summed E-state index contributed by atoms with van der Waals surface area (Å²) in [6.45, 7) is 2.14. The summed E-state index contributed by atoms with van der Waals surface area (Å²) in [5.41, 5.74) is 0.0100. The number of carbonyl (C=O) groups excluding carboxylic acids is 1. The van der Waals surface area contributed by atoms with Gasteiger partial charge in [-0.3, -0.25) is 18.7 Å². The Hall–Kier alpha value is -3.23. The van der Waals surface area contributed by atoms with Crippen molar-refractivity contribution in [3.63, 3.8) is 0 Å². The highest BCUT2D eigenvalue weighted by molar-refractivity contribution is 5.92. The fraction of sp³-hybridized carbons (Fsp3) is 0.450. The Morgan fingerprint density at radius 1 is 1.07 bits per heavy atom. The van der Waals surface area contributed by atoms with Gasteiger partial charge >= 0.3 is 5.69 Å². The third kappa shape index (κ3) is 3.72. The number of fused-ring (bicyclic) bond motifs is 1. The van der Waals surface area contributed by atoms with Crippen LogP contribution in [0.15, 0.2) is 33.9 Å². The monoisotopic (exact) mass is 400 g/mol. The Labute approximate surface area is 167 Å². The number of hydrogen-bond donors (Lipinski definition) is 1. The average Bonchev–Trinajstić information content (AvgIpc) is 2.74. The molecule has 9 nitrogen and oxygen atoms in total. The molecule has 0 aliphatic carbocycles. The van der Waals surface area contributed by atoms with Crippen LogP contribution in [0, 0.1) is 0 Å². The number of likely N-dealkylation sites (tertiary alicyclic amines) is 1. The summed E-state index contributed by atoms with van der Waals surface area (Å²) in [6.07, 6.45) is 1.74. The number of benzene rings is 1. The Morgan fingerprint density at radius 3 is 2.62 bits per heavy atom. The van der Waals surface area contributed by atoms with Crippen molar-refractivity contribution in [2.45, 2.75) is 18.9 Å². The van der Waals surface area contributed by atoms with E-state index in [1.807, 2.05) is 18.2 Å². The first-order chi connectivity index (χ1) is 13.9. The van der Waals surface area contributed by atoms with E-state index in [9.17, 15) is 14.4 Å². The molecule has 29 heavy (non-hydrogen) atoms. The molecule has 1 atom stereocenters. The molecule has 2 aromatic rings. The van der Waals surface area contributed by atoms with Crippen molar-refractivity contribution in [3.05, 3.63) is 50.8 Å². The Bertz CT molecular complexity index is 1060. The van der Waals surface area contributed by atoms with Crippen molar-refractivity contribution >= 4 is 11.6 Å². The lowest BCUT2D eigenvalue weighted by atomic mass is 10.0. The van der Waals surface area contributed by atoms with Crippen molar-refractivity contribution < 1.29 is 14.3 Å². The van der Waals surface area contributed by atoms with E-state index in [0.717, 1.165) is 28.8 Å². The van der Waals surface area contributed by atoms with Crippen LogP contribution < -0.4 is 26.0 Å². The van der Waals surface area contributed by atoms with Crippen LogP contribution in [-0.2, 0) is 14.1 Å². The van der Waals surface area contributed by atoms with E-state index >= 15 is 0 Å². The lowest BCUT2D eigenvalue weighted by Crippen LogP contribution is -2.48. The number of aromatic nitrogens is 2. The molecule has 9 heteroatoms. The maximum absolute atomic E-state index is 13.0. The summed E-state index contributed by atoms with van der Waals surface area (Å²) in [7, 11) is 2.90. The molecular weight excluding hydrogens is 376 g/mol. The molecule has 1 aromatic carbocycles. The predicted octanol–water partition coefficient (Wildman–Crippen LogP) is 0.572. The van der Waals surface area contributed by atoms with Gasteiger partial charge < -0.3 is 19.7 Å². The number of hydrogen-bond acceptors (Lipinski definition) is 6. The third-order valence-corrected chi connectivity index (χ3v) is 5.37. The van der Waals surface area contributed by atoms with Crippen LogP contribution in [0.5, 0.6) is 11.5 Å². The summed E-state index contributed by atoms with van der Waals surface area (Å²) >= 11 is 0. The van der Waals surface area contributed by atoms with E-state index in [2.05, 4.69) is 5.32 Å². The number of piperidine rings is 1. The number of nitrogens with one attached hydrogen (secondary N) is 1. The second-order valence-corrected chi connectivity index (χ2v) is 7.36. The number of ether oxygens (including phenoxy) is 2. The minimum atomic E-state index is -0.510. The zero-order chi connectivity index (χ0) is 20.5. The largest absolute Gasteiger partial charge is 0.486 e. The smallest absolute Gasteiger partial charge is 0.331 e. The molecule has 4 rings (SSSR count). The molecule has 1 unspecified atom stereocenters. The number of carbonyl (C=O) groups is 1. The third-order valence-electron chi connectivity index (χ3n) is 5.37. The topological polar surface area (TPSA) is 94.8 Å². The maximum Gasteiger partial charge on any atom is 0.331 e. The molecule has 154 valence electrons. The van der Waals surface area contributed by atoms with E-state index in [0.29, 0.717) is 32.1 Å². The lowest BCUT2D eigenvalue weighted by molar-refractivity contribution is 0.0702. The summed E-state index contributed by atoms with van der Waals surface area (Å²) < 4.78 is 13.4.